The van der Waals surface area contributed by atoms with E-state index in [9.17, 15) is 9.18 Å². The number of anilines is 2. The lowest BCUT2D eigenvalue weighted by molar-refractivity contribution is -0.137. The zero-order valence-electron chi connectivity index (χ0n) is 28.7. The highest BCUT2D eigenvalue weighted by Gasteiger charge is 2.49. The van der Waals surface area contributed by atoms with Crippen molar-refractivity contribution in [3.8, 4) is 17.1 Å². The Bertz CT molecular complexity index is 2150. The number of ether oxygens (including phenoxy) is 2. The van der Waals surface area contributed by atoms with Crippen molar-refractivity contribution in [2.24, 2.45) is 0 Å². The molecule has 52 heavy (non-hydrogen) atoms. The first-order valence-electron chi connectivity index (χ1n) is 16.8. The highest BCUT2D eigenvalue weighted by molar-refractivity contribution is 7.23. The van der Waals surface area contributed by atoms with E-state index in [1.807, 2.05) is 0 Å². The first kappa shape index (κ1) is 35.8. The Morgan fingerprint density at radius 3 is 2.67 bits per heavy atom. The van der Waals surface area contributed by atoms with Crippen LogP contribution in [0.4, 0.5) is 38.5 Å². The minimum absolute atomic E-state index is 0.00582. The number of carbonyl (C=O) groups is 1. The minimum atomic E-state index is -5.10. The summed E-state index contributed by atoms with van der Waals surface area (Å²) in [5.41, 5.74) is 2.30. The van der Waals surface area contributed by atoms with Crippen LogP contribution in [-0.4, -0.2) is 89.3 Å². The fourth-order valence-corrected chi connectivity index (χ4v) is 9.06. The topological polar surface area (TPSA) is 101 Å². The number of alkyl halides is 3. The Labute approximate surface area is 300 Å². The predicted molar refractivity (Wildman–Crippen MR) is 189 cm³/mol. The first-order chi connectivity index (χ1) is 24.7. The smallest absolute Gasteiger partial charge is 0.417 e. The van der Waals surface area contributed by atoms with Gasteiger partial charge in [0.25, 0.3) is 0 Å². The van der Waals surface area contributed by atoms with Crippen LogP contribution in [0.3, 0.4) is 0 Å². The van der Waals surface area contributed by atoms with E-state index in [1.54, 1.807) is 30.8 Å². The van der Waals surface area contributed by atoms with Crippen molar-refractivity contribution in [1.29, 1.82) is 0 Å². The Balaban J connectivity index is 1.45. The molecule has 2 aromatic heterocycles. The van der Waals surface area contributed by atoms with Crippen molar-refractivity contribution >= 4 is 54.7 Å². The van der Waals surface area contributed by atoms with Crippen LogP contribution >= 0.6 is 11.3 Å². The number of hydrogen-bond acceptors (Lipinski definition) is 9. The quantitative estimate of drug-likeness (QED) is 0.121. The number of halogens is 5. The van der Waals surface area contributed by atoms with Gasteiger partial charge in [0.15, 0.2) is 5.82 Å². The van der Waals surface area contributed by atoms with E-state index in [0.29, 0.717) is 17.8 Å². The number of methoxy groups -OCH3 is 1. The summed E-state index contributed by atoms with van der Waals surface area (Å²) in [7, 11) is 1.65. The normalized spacial score (nSPS) is 23.7. The van der Waals surface area contributed by atoms with Crippen LogP contribution in [0.2, 0.25) is 0 Å². The highest BCUT2D eigenvalue weighted by atomic mass is 32.1. The number of benzene rings is 2. The molecule has 0 radical (unpaired) electrons. The third-order valence-electron chi connectivity index (χ3n) is 10.7. The van der Waals surface area contributed by atoms with Gasteiger partial charge in [0, 0.05) is 55.2 Å². The van der Waals surface area contributed by atoms with Crippen molar-refractivity contribution in [3.05, 3.63) is 59.5 Å². The van der Waals surface area contributed by atoms with Gasteiger partial charge in [-0.2, -0.15) is 23.1 Å². The zero-order valence-corrected chi connectivity index (χ0v) is 29.5. The van der Waals surface area contributed by atoms with Gasteiger partial charge >= 0.3 is 12.2 Å². The molecule has 3 aliphatic rings. The average Bonchev–Trinajstić information content (AvgIpc) is 3.78. The number of hydrogen-bond donors (Lipinski definition) is 1. The van der Waals surface area contributed by atoms with Crippen molar-refractivity contribution in [2.75, 3.05) is 50.5 Å². The molecule has 4 atom stereocenters. The second kappa shape index (κ2) is 13.1. The van der Waals surface area contributed by atoms with Gasteiger partial charge in [0.1, 0.15) is 23.8 Å². The molecule has 3 saturated heterocycles. The second-order valence-electron chi connectivity index (χ2n) is 13.7. The number of aromatic nitrogens is 2. The SMILES string of the molecule is [C-]#[N+]c1c(N)sc2c(F)ccc(-c3c(C(F)(F)F)cc4c(N5CC(C)N(C(=O)C=C)CC5C)nc(OCC56CCCN5CC(OC)C6)nc4c3F)c12. The van der Waals surface area contributed by atoms with Crippen LogP contribution in [0.15, 0.2) is 30.9 Å². The van der Waals surface area contributed by atoms with E-state index in [4.69, 9.17) is 21.8 Å². The van der Waals surface area contributed by atoms with E-state index < -0.39 is 46.5 Å². The average molecular weight is 742 g/mol. The van der Waals surface area contributed by atoms with Crippen molar-refractivity contribution in [2.45, 2.75) is 63.0 Å². The molecule has 16 heteroatoms. The Morgan fingerprint density at radius 2 is 1.98 bits per heavy atom. The first-order valence-corrected chi connectivity index (χ1v) is 17.6. The van der Waals surface area contributed by atoms with Gasteiger partial charge in [0.05, 0.1) is 33.5 Å². The largest absolute Gasteiger partial charge is 0.461 e. The molecular weight excluding hydrogens is 705 g/mol. The molecular formula is C36H36F5N7O3S. The fourth-order valence-electron chi connectivity index (χ4n) is 8.12. The Kier molecular flexibility index (Phi) is 9.03. The van der Waals surface area contributed by atoms with Crippen LogP contribution < -0.4 is 15.4 Å². The number of carbonyl (C=O) groups excluding carboxylic acids is 1. The lowest BCUT2D eigenvalue weighted by Gasteiger charge is -2.44. The summed E-state index contributed by atoms with van der Waals surface area (Å²) < 4.78 is 89.2. The lowest BCUT2D eigenvalue weighted by atomic mass is 9.93. The van der Waals surface area contributed by atoms with Crippen molar-refractivity contribution in [3.63, 3.8) is 0 Å². The van der Waals surface area contributed by atoms with E-state index in [2.05, 4.69) is 26.3 Å². The predicted octanol–water partition coefficient (Wildman–Crippen LogP) is 7.19. The number of nitrogens with two attached hydrogens (primary N) is 1. The summed E-state index contributed by atoms with van der Waals surface area (Å²) in [6.45, 7) is 16.9. The molecule has 3 fully saturated rings. The maximum Gasteiger partial charge on any atom is 0.417 e. The number of nitrogen functional groups attached to an aromatic ring is 1. The van der Waals surface area contributed by atoms with E-state index in [0.717, 1.165) is 44.1 Å². The van der Waals surface area contributed by atoms with Gasteiger partial charge in [-0.3, -0.25) is 9.69 Å². The zero-order chi connectivity index (χ0) is 37.3. The van der Waals surface area contributed by atoms with Gasteiger partial charge < -0.3 is 25.0 Å². The summed E-state index contributed by atoms with van der Waals surface area (Å²) in [6, 6.07) is 1.66. The number of piperazine rings is 1. The van der Waals surface area contributed by atoms with E-state index in [1.165, 1.54) is 6.08 Å². The molecule has 4 aromatic rings. The van der Waals surface area contributed by atoms with Crippen LogP contribution in [-0.2, 0) is 15.7 Å². The van der Waals surface area contributed by atoms with Crippen molar-refractivity contribution in [1.82, 2.24) is 19.8 Å². The van der Waals surface area contributed by atoms with Crippen LogP contribution in [0.1, 0.15) is 38.7 Å². The van der Waals surface area contributed by atoms with E-state index in [-0.39, 0.29) is 80.8 Å². The molecule has 0 spiro atoms. The van der Waals surface area contributed by atoms with Crippen molar-refractivity contribution < 1.29 is 36.2 Å². The maximum absolute atomic E-state index is 17.2. The van der Waals surface area contributed by atoms with Crippen LogP contribution in [0, 0.1) is 18.2 Å². The monoisotopic (exact) mass is 741 g/mol. The summed E-state index contributed by atoms with van der Waals surface area (Å²) in [5, 5.41) is -0.545. The molecule has 0 bridgehead atoms. The number of thiophene rings is 1. The third-order valence-corrected chi connectivity index (χ3v) is 11.7. The molecule has 5 heterocycles. The van der Waals surface area contributed by atoms with Gasteiger partial charge in [-0.15, -0.1) is 11.3 Å². The summed E-state index contributed by atoms with van der Waals surface area (Å²) in [6.07, 6.45) is -1.45. The minimum Gasteiger partial charge on any atom is -0.461 e. The summed E-state index contributed by atoms with van der Waals surface area (Å²) >= 11 is 0.703. The molecule has 274 valence electrons. The third kappa shape index (κ3) is 5.79. The maximum atomic E-state index is 17.2. The molecule has 3 aliphatic heterocycles. The van der Waals surface area contributed by atoms with Gasteiger partial charge in [-0.05, 0) is 63.4 Å². The Morgan fingerprint density at radius 1 is 1.21 bits per heavy atom. The number of rotatable bonds is 7. The van der Waals surface area contributed by atoms with Gasteiger partial charge in [-0.1, -0.05) is 12.6 Å². The highest BCUT2D eigenvalue weighted by Crippen LogP contribution is 2.51. The molecule has 2 aromatic carbocycles. The number of nitrogens with zero attached hydrogens (tertiary/aromatic N) is 6. The molecule has 2 N–H and O–H groups in total. The Hall–Kier alpha value is -4.59. The fraction of sp³-hybridized carbons (Fsp3) is 0.444. The molecule has 4 unspecified atom stereocenters. The standard InChI is InChI=1S/C36H36F5N7O3S/c1-6-25(49)47-14-19(3)48(15-18(47)2)33-22-12-23(36(39,40)41)26(21-8-9-24(37)31-27(21)30(43-4)32(42)52-31)28(38)29(22)44-34(45-33)51-17-35-10-7-11-46(35)16-20(13-35)50-5/h6,8-9,12,18-20H,1,7,10-11,13-17,42H2,2-3,5H3. The number of amides is 1. The number of fused-ring (bicyclic) bond motifs is 3. The van der Waals surface area contributed by atoms with Gasteiger partial charge in [-0.25, -0.2) is 13.6 Å². The molecule has 7 rings (SSSR count). The summed E-state index contributed by atoms with van der Waals surface area (Å²) in [5.74, 6) is -2.43. The van der Waals surface area contributed by atoms with Crippen LogP contribution in [0.25, 0.3) is 37.0 Å². The van der Waals surface area contributed by atoms with E-state index >= 15 is 17.6 Å². The lowest BCUT2D eigenvalue weighted by Crippen LogP contribution is -2.58. The molecule has 1 amide bonds. The van der Waals surface area contributed by atoms with Gasteiger partial charge in [0.2, 0.25) is 11.6 Å². The molecule has 0 saturated carbocycles. The summed E-state index contributed by atoms with van der Waals surface area (Å²) in [4.78, 5) is 30.7. The molecule has 10 nitrogen and oxygen atoms in total. The molecule has 0 aliphatic carbocycles. The van der Waals surface area contributed by atoms with Crippen LogP contribution in [0.5, 0.6) is 6.01 Å². The second-order valence-corrected chi connectivity index (χ2v) is 14.8.